The number of nitro groups is 1. The summed E-state index contributed by atoms with van der Waals surface area (Å²) >= 11 is 0. The van der Waals surface area contributed by atoms with Crippen LogP contribution in [-0.2, 0) is 6.42 Å². The summed E-state index contributed by atoms with van der Waals surface area (Å²) in [6.45, 7) is 0.556. The second-order valence-corrected chi connectivity index (χ2v) is 2.62. The fraction of sp³-hybridized carbons (Fsp3) is 0.250. The van der Waals surface area contributed by atoms with Crippen molar-refractivity contribution in [3.05, 3.63) is 33.9 Å². The molecule has 1 aromatic carbocycles. The van der Waals surface area contributed by atoms with Gasteiger partial charge in [-0.1, -0.05) is 12.1 Å². The summed E-state index contributed by atoms with van der Waals surface area (Å²) in [5.74, 6) is 0.447. The minimum Gasteiger partial charge on any atom is -0.486 e. The molecule has 0 saturated carbocycles. The van der Waals surface area contributed by atoms with E-state index in [-0.39, 0.29) is 5.69 Å². The molecule has 0 bridgehead atoms. The van der Waals surface area contributed by atoms with Crippen LogP contribution in [-0.4, -0.2) is 11.5 Å². The monoisotopic (exact) mass is 165 g/mol. The smallest absolute Gasteiger partial charge is 0.311 e. The summed E-state index contributed by atoms with van der Waals surface area (Å²) in [6, 6.07) is 5.01. The maximum Gasteiger partial charge on any atom is 0.311 e. The zero-order valence-corrected chi connectivity index (χ0v) is 6.32. The van der Waals surface area contributed by atoms with Gasteiger partial charge in [0.15, 0.2) is 5.75 Å². The van der Waals surface area contributed by atoms with Crippen molar-refractivity contribution in [2.75, 3.05) is 6.61 Å². The molecule has 0 fully saturated rings. The minimum atomic E-state index is -0.413. The Balaban J connectivity index is 2.56. The van der Waals surface area contributed by atoms with Gasteiger partial charge in [-0.2, -0.15) is 0 Å². The van der Waals surface area contributed by atoms with E-state index < -0.39 is 4.92 Å². The van der Waals surface area contributed by atoms with Gasteiger partial charge in [0.2, 0.25) is 0 Å². The molecule has 4 nitrogen and oxygen atoms in total. The topological polar surface area (TPSA) is 52.4 Å². The molecule has 1 heterocycles. The Bertz CT molecular complexity index is 335. The minimum absolute atomic E-state index is 0.0741. The average Bonchev–Trinajstić information content (AvgIpc) is 2.49. The first-order valence-corrected chi connectivity index (χ1v) is 3.68. The van der Waals surface area contributed by atoms with Crippen LogP contribution in [0.2, 0.25) is 0 Å². The van der Waals surface area contributed by atoms with E-state index in [1.165, 1.54) is 6.07 Å². The third-order valence-corrected chi connectivity index (χ3v) is 1.89. The fourth-order valence-corrected chi connectivity index (χ4v) is 1.34. The molecule has 0 radical (unpaired) electrons. The van der Waals surface area contributed by atoms with E-state index in [1.54, 1.807) is 6.07 Å². The predicted octanol–water partition coefficient (Wildman–Crippen LogP) is 1.53. The molecule has 0 unspecified atom stereocenters. The molecule has 0 spiro atoms. The van der Waals surface area contributed by atoms with Crippen LogP contribution in [0.1, 0.15) is 5.56 Å². The fourth-order valence-electron chi connectivity index (χ4n) is 1.34. The Kier molecular flexibility index (Phi) is 1.46. The molecule has 0 saturated heterocycles. The summed E-state index contributed by atoms with van der Waals surface area (Å²) in [5, 5.41) is 10.5. The number of hydrogen-bond acceptors (Lipinski definition) is 3. The van der Waals surface area contributed by atoms with Gasteiger partial charge >= 0.3 is 5.69 Å². The highest BCUT2D eigenvalue weighted by Crippen LogP contribution is 2.34. The normalized spacial score (nSPS) is 13.7. The summed E-state index contributed by atoms with van der Waals surface area (Å²) in [4.78, 5) is 10.1. The molecule has 1 aliphatic heterocycles. The van der Waals surface area contributed by atoms with Crippen molar-refractivity contribution >= 4 is 5.69 Å². The Morgan fingerprint density at radius 2 is 2.33 bits per heavy atom. The lowest BCUT2D eigenvalue weighted by Crippen LogP contribution is -1.92. The van der Waals surface area contributed by atoms with Crippen LogP contribution in [0.5, 0.6) is 5.75 Å². The van der Waals surface area contributed by atoms with Gasteiger partial charge in [-0.05, 0) is 0 Å². The number of benzene rings is 1. The number of nitro benzene ring substituents is 1. The Hall–Kier alpha value is -1.58. The van der Waals surface area contributed by atoms with Crippen LogP contribution in [0.4, 0.5) is 5.69 Å². The largest absolute Gasteiger partial charge is 0.486 e. The van der Waals surface area contributed by atoms with Crippen LogP contribution in [0, 0.1) is 10.1 Å². The van der Waals surface area contributed by atoms with E-state index in [0.717, 1.165) is 12.0 Å². The van der Waals surface area contributed by atoms with Gasteiger partial charge in [-0.15, -0.1) is 0 Å². The summed E-state index contributed by atoms with van der Waals surface area (Å²) in [7, 11) is 0. The third-order valence-electron chi connectivity index (χ3n) is 1.89. The van der Waals surface area contributed by atoms with Gasteiger partial charge in [-0.25, -0.2) is 0 Å². The zero-order chi connectivity index (χ0) is 8.55. The van der Waals surface area contributed by atoms with Crippen LogP contribution in [0.15, 0.2) is 18.2 Å². The molecule has 4 heteroatoms. The van der Waals surface area contributed by atoms with Crippen LogP contribution >= 0.6 is 0 Å². The molecule has 0 aliphatic carbocycles. The molecule has 62 valence electrons. The van der Waals surface area contributed by atoms with Crippen LogP contribution in [0.25, 0.3) is 0 Å². The van der Waals surface area contributed by atoms with Gasteiger partial charge in [0.1, 0.15) is 0 Å². The van der Waals surface area contributed by atoms with Gasteiger partial charge in [0.25, 0.3) is 0 Å². The molecule has 12 heavy (non-hydrogen) atoms. The van der Waals surface area contributed by atoms with E-state index in [0.29, 0.717) is 12.4 Å². The maximum atomic E-state index is 10.5. The van der Waals surface area contributed by atoms with Crippen LogP contribution < -0.4 is 4.74 Å². The number of ether oxygens (including phenoxy) is 1. The predicted molar refractivity (Wildman–Crippen MR) is 42.3 cm³/mol. The van der Waals surface area contributed by atoms with Crippen molar-refractivity contribution < 1.29 is 9.66 Å². The number of para-hydroxylation sites is 1. The molecule has 1 aliphatic rings. The lowest BCUT2D eigenvalue weighted by molar-refractivity contribution is -0.385. The van der Waals surface area contributed by atoms with Crippen molar-refractivity contribution in [1.82, 2.24) is 0 Å². The molecule has 0 atom stereocenters. The summed E-state index contributed by atoms with van der Waals surface area (Å²) < 4.78 is 5.15. The lowest BCUT2D eigenvalue weighted by Gasteiger charge is -1.98. The van der Waals surface area contributed by atoms with Gasteiger partial charge in [0, 0.05) is 18.1 Å². The first-order valence-electron chi connectivity index (χ1n) is 3.68. The molecule has 0 amide bonds. The molecule has 0 aromatic heterocycles. The van der Waals surface area contributed by atoms with Gasteiger partial charge < -0.3 is 4.74 Å². The quantitative estimate of drug-likeness (QED) is 0.468. The first kappa shape index (κ1) is 7.09. The number of hydrogen-bond donors (Lipinski definition) is 0. The van der Waals surface area contributed by atoms with Gasteiger partial charge in [0.05, 0.1) is 11.5 Å². The number of fused-ring (bicyclic) bond motifs is 1. The van der Waals surface area contributed by atoms with E-state index in [9.17, 15) is 10.1 Å². The SMILES string of the molecule is O=[N+]([O-])c1cccc2c1OCC2. The van der Waals surface area contributed by atoms with Crippen molar-refractivity contribution in [3.63, 3.8) is 0 Å². The second kappa shape index (κ2) is 2.48. The van der Waals surface area contributed by atoms with Crippen molar-refractivity contribution in [3.8, 4) is 5.75 Å². The van der Waals surface area contributed by atoms with E-state index in [2.05, 4.69) is 0 Å². The molecule has 2 rings (SSSR count). The molecular weight excluding hydrogens is 158 g/mol. The van der Waals surface area contributed by atoms with Crippen LogP contribution in [0.3, 0.4) is 0 Å². The molecule has 1 aromatic rings. The van der Waals surface area contributed by atoms with E-state index >= 15 is 0 Å². The highest BCUT2D eigenvalue weighted by Gasteiger charge is 2.22. The number of rotatable bonds is 1. The summed E-state index contributed by atoms with van der Waals surface area (Å²) in [6.07, 6.45) is 0.775. The van der Waals surface area contributed by atoms with E-state index in [1.807, 2.05) is 6.07 Å². The van der Waals surface area contributed by atoms with Crippen molar-refractivity contribution in [1.29, 1.82) is 0 Å². The maximum absolute atomic E-state index is 10.5. The Morgan fingerprint density at radius 3 is 3.08 bits per heavy atom. The number of nitrogens with zero attached hydrogens (tertiary/aromatic N) is 1. The van der Waals surface area contributed by atoms with E-state index in [4.69, 9.17) is 4.74 Å². The zero-order valence-electron chi connectivity index (χ0n) is 6.32. The highest BCUT2D eigenvalue weighted by molar-refractivity contribution is 5.53. The van der Waals surface area contributed by atoms with Gasteiger partial charge in [-0.3, -0.25) is 10.1 Å². The second-order valence-electron chi connectivity index (χ2n) is 2.62. The standard InChI is InChI=1S/C8H7NO3/c10-9(11)7-3-1-2-6-4-5-12-8(6)7/h1-3H,4-5H2. The van der Waals surface area contributed by atoms with Crippen molar-refractivity contribution in [2.24, 2.45) is 0 Å². The molecule has 0 N–H and O–H groups in total. The average molecular weight is 165 g/mol. The lowest BCUT2D eigenvalue weighted by atomic mass is 10.1. The highest BCUT2D eigenvalue weighted by atomic mass is 16.6. The first-order chi connectivity index (χ1) is 5.79. The summed E-state index contributed by atoms with van der Waals surface area (Å²) in [5.41, 5.74) is 1.01. The Labute approximate surface area is 68.9 Å². The third kappa shape index (κ3) is 0.922. The van der Waals surface area contributed by atoms with Crippen molar-refractivity contribution in [2.45, 2.75) is 6.42 Å². The Morgan fingerprint density at radius 1 is 1.50 bits per heavy atom. The molecular formula is C8H7NO3.